The van der Waals surface area contributed by atoms with E-state index in [0.29, 0.717) is 19.5 Å². The van der Waals surface area contributed by atoms with Gasteiger partial charge in [-0.15, -0.1) is 0 Å². The molecule has 128 valence electrons. The molecule has 2 N–H and O–H groups in total. The Morgan fingerprint density at radius 1 is 1.46 bits per heavy atom. The second-order valence-corrected chi connectivity index (χ2v) is 6.14. The average molecular weight is 328 g/mol. The van der Waals surface area contributed by atoms with Crippen LogP contribution in [0.3, 0.4) is 0 Å². The Hall–Kier alpha value is -2.34. The Kier molecular flexibility index (Phi) is 5.15. The van der Waals surface area contributed by atoms with Crippen LogP contribution >= 0.6 is 0 Å². The molecular weight excluding hydrogens is 304 g/mol. The topological polar surface area (TPSA) is 70.4 Å². The largest absolute Gasteiger partial charge is 0.396 e. The number of aromatic nitrogens is 2. The monoisotopic (exact) mass is 328 g/mol. The highest BCUT2D eigenvalue weighted by Gasteiger charge is 2.30. The van der Waals surface area contributed by atoms with Gasteiger partial charge in [-0.2, -0.15) is 0 Å². The maximum absolute atomic E-state index is 12.7. The number of benzene rings is 1. The number of aliphatic hydroxyl groups excluding tert-OH is 1. The van der Waals surface area contributed by atoms with Crippen molar-refractivity contribution in [3.8, 4) is 0 Å². The molecule has 1 aliphatic rings. The van der Waals surface area contributed by atoms with E-state index in [1.165, 1.54) is 11.1 Å². The van der Waals surface area contributed by atoms with Crippen molar-refractivity contribution >= 4 is 6.03 Å². The first kappa shape index (κ1) is 16.5. The highest BCUT2D eigenvalue weighted by molar-refractivity contribution is 5.75. The number of nitrogens with one attached hydrogen (secondary N) is 1. The van der Waals surface area contributed by atoms with Crippen LogP contribution in [0.15, 0.2) is 36.7 Å². The minimum atomic E-state index is -0.104. The summed E-state index contributed by atoms with van der Waals surface area (Å²) in [5.41, 5.74) is 2.54. The van der Waals surface area contributed by atoms with Gasteiger partial charge in [-0.3, -0.25) is 0 Å². The lowest BCUT2D eigenvalue weighted by Crippen LogP contribution is -2.42. The molecular formula is C18H24N4O2. The molecule has 1 heterocycles. The predicted octanol–water partition coefficient (Wildman–Crippen LogP) is 2.00. The molecule has 1 aromatic heterocycles. The molecule has 0 aliphatic heterocycles. The molecule has 0 bridgehead atoms. The normalized spacial score (nSPS) is 16.0. The maximum Gasteiger partial charge on any atom is 0.318 e. The van der Waals surface area contributed by atoms with Gasteiger partial charge in [-0.05, 0) is 30.4 Å². The summed E-state index contributed by atoms with van der Waals surface area (Å²) in [5.74, 6) is 0.817. The van der Waals surface area contributed by atoms with Crippen LogP contribution in [0, 0.1) is 0 Å². The predicted molar refractivity (Wildman–Crippen MR) is 91.4 cm³/mol. The quantitative estimate of drug-likeness (QED) is 0.852. The molecule has 0 saturated carbocycles. The first-order chi connectivity index (χ1) is 11.7. The fourth-order valence-electron chi connectivity index (χ4n) is 3.32. The van der Waals surface area contributed by atoms with Crippen LogP contribution in [-0.4, -0.2) is 38.7 Å². The highest BCUT2D eigenvalue weighted by atomic mass is 16.3. The number of nitrogens with zero attached hydrogens (tertiary/aromatic N) is 3. The molecule has 2 aromatic rings. The minimum Gasteiger partial charge on any atom is -0.396 e. The fourth-order valence-corrected chi connectivity index (χ4v) is 3.32. The summed E-state index contributed by atoms with van der Waals surface area (Å²) in [7, 11) is 1.91. The van der Waals surface area contributed by atoms with E-state index in [1.807, 2.05) is 34.8 Å². The van der Waals surface area contributed by atoms with E-state index in [-0.39, 0.29) is 18.7 Å². The first-order valence-electron chi connectivity index (χ1n) is 8.40. The summed E-state index contributed by atoms with van der Waals surface area (Å²) in [4.78, 5) is 18.8. The molecule has 6 heteroatoms. The number of fused-ring (bicyclic) bond motifs is 1. The molecule has 1 aliphatic carbocycles. The number of amides is 2. The maximum atomic E-state index is 12.7. The Balaban J connectivity index is 1.72. The van der Waals surface area contributed by atoms with E-state index in [4.69, 9.17) is 0 Å². The summed E-state index contributed by atoms with van der Waals surface area (Å²) in [6, 6.07) is 8.27. The van der Waals surface area contributed by atoms with Crippen molar-refractivity contribution in [2.45, 2.75) is 31.8 Å². The van der Waals surface area contributed by atoms with Gasteiger partial charge >= 0.3 is 6.03 Å². The third kappa shape index (κ3) is 3.43. The molecule has 0 fully saturated rings. The Morgan fingerprint density at radius 3 is 3.04 bits per heavy atom. The van der Waals surface area contributed by atoms with Crippen LogP contribution < -0.4 is 5.32 Å². The van der Waals surface area contributed by atoms with Gasteiger partial charge < -0.3 is 19.9 Å². The van der Waals surface area contributed by atoms with Gasteiger partial charge in [0.2, 0.25) is 0 Å². The SMILES string of the molecule is Cn1ccnc1CNC(=O)N(CCCO)[C@@H]1CCc2ccccc21. The average Bonchev–Trinajstić information content (AvgIpc) is 3.20. The molecule has 0 spiro atoms. The second-order valence-electron chi connectivity index (χ2n) is 6.14. The van der Waals surface area contributed by atoms with Gasteiger partial charge in [0.25, 0.3) is 0 Å². The van der Waals surface area contributed by atoms with Gasteiger partial charge in [0.1, 0.15) is 5.82 Å². The zero-order valence-electron chi connectivity index (χ0n) is 14.0. The molecule has 0 radical (unpaired) electrons. The van der Waals surface area contributed by atoms with Crippen molar-refractivity contribution < 1.29 is 9.90 Å². The minimum absolute atomic E-state index is 0.0779. The summed E-state index contributed by atoms with van der Waals surface area (Å²) in [5, 5.41) is 12.1. The zero-order chi connectivity index (χ0) is 16.9. The van der Waals surface area contributed by atoms with Crippen LogP contribution in [0.1, 0.15) is 35.8 Å². The van der Waals surface area contributed by atoms with Crippen LogP contribution in [0.5, 0.6) is 0 Å². The second kappa shape index (κ2) is 7.49. The van der Waals surface area contributed by atoms with Crippen molar-refractivity contribution in [2.75, 3.05) is 13.2 Å². The lowest BCUT2D eigenvalue weighted by molar-refractivity contribution is 0.164. The number of carbonyl (C=O) groups is 1. The summed E-state index contributed by atoms with van der Waals surface area (Å²) < 4.78 is 1.89. The number of urea groups is 1. The van der Waals surface area contributed by atoms with Crippen molar-refractivity contribution in [3.63, 3.8) is 0 Å². The Labute approximate surface area is 142 Å². The molecule has 1 aromatic carbocycles. The summed E-state index contributed by atoms with van der Waals surface area (Å²) in [6.45, 7) is 1.02. The van der Waals surface area contributed by atoms with E-state index in [9.17, 15) is 9.90 Å². The van der Waals surface area contributed by atoms with E-state index in [0.717, 1.165) is 18.7 Å². The van der Waals surface area contributed by atoms with Crippen LogP contribution in [0.2, 0.25) is 0 Å². The highest BCUT2D eigenvalue weighted by Crippen LogP contribution is 2.35. The number of hydrogen-bond acceptors (Lipinski definition) is 3. The van der Waals surface area contributed by atoms with Gasteiger partial charge in [0, 0.05) is 32.6 Å². The smallest absolute Gasteiger partial charge is 0.318 e. The van der Waals surface area contributed by atoms with E-state index in [2.05, 4.69) is 22.4 Å². The van der Waals surface area contributed by atoms with Crippen molar-refractivity contribution in [3.05, 3.63) is 53.6 Å². The number of aliphatic hydroxyl groups is 1. The van der Waals surface area contributed by atoms with E-state index < -0.39 is 0 Å². The number of rotatable bonds is 6. The molecule has 24 heavy (non-hydrogen) atoms. The van der Waals surface area contributed by atoms with Crippen molar-refractivity contribution in [2.24, 2.45) is 7.05 Å². The van der Waals surface area contributed by atoms with Crippen LogP contribution in [0.4, 0.5) is 4.79 Å². The Bertz CT molecular complexity index is 698. The van der Waals surface area contributed by atoms with Gasteiger partial charge in [0.05, 0.1) is 12.6 Å². The summed E-state index contributed by atoms with van der Waals surface area (Å²) in [6.07, 6.45) is 6.08. The van der Waals surface area contributed by atoms with E-state index in [1.54, 1.807) is 6.20 Å². The lowest BCUT2D eigenvalue weighted by Gasteiger charge is -2.30. The van der Waals surface area contributed by atoms with Gasteiger partial charge in [-0.1, -0.05) is 24.3 Å². The number of aryl methyl sites for hydroxylation is 2. The molecule has 1 atom stereocenters. The van der Waals surface area contributed by atoms with E-state index >= 15 is 0 Å². The number of carbonyl (C=O) groups excluding carboxylic acids is 1. The zero-order valence-corrected chi connectivity index (χ0v) is 14.0. The van der Waals surface area contributed by atoms with Gasteiger partial charge in [-0.25, -0.2) is 9.78 Å². The summed E-state index contributed by atoms with van der Waals surface area (Å²) >= 11 is 0. The van der Waals surface area contributed by atoms with Crippen molar-refractivity contribution in [1.29, 1.82) is 0 Å². The molecule has 0 saturated heterocycles. The third-order valence-corrected chi connectivity index (χ3v) is 4.61. The first-order valence-corrected chi connectivity index (χ1v) is 8.40. The number of hydrogen-bond donors (Lipinski definition) is 2. The van der Waals surface area contributed by atoms with Crippen LogP contribution in [-0.2, 0) is 20.0 Å². The molecule has 3 rings (SSSR count). The molecule has 2 amide bonds. The third-order valence-electron chi connectivity index (χ3n) is 4.61. The Morgan fingerprint density at radius 2 is 2.29 bits per heavy atom. The van der Waals surface area contributed by atoms with Gasteiger partial charge in [0.15, 0.2) is 0 Å². The van der Waals surface area contributed by atoms with Crippen LogP contribution in [0.25, 0.3) is 0 Å². The standard InChI is InChI=1S/C18H24N4O2/c1-21-11-9-19-17(21)13-20-18(24)22(10-4-12-23)16-8-7-14-5-2-3-6-15(14)16/h2-3,5-6,9,11,16,23H,4,7-8,10,12-13H2,1H3,(H,20,24)/t16-/m1/s1. The molecule has 6 nitrogen and oxygen atoms in total. The van der Waals surface area contributed by atoms with Crippen molar-refractivity contribution in [1.82, 2.24) is 19.8 Å². The number of imidazole rings is 1. The lowest BCUT2D eigenvalue weighted by atomic mass is 10.1. The fraction of sp³-hybridized carbons (Fsp3) is 0.444. The molecule has 0 unspecified atom stereocenters.